The van der Waals surface area contributed by atoms with Gasteiger partial charge in [-0.25, -0.2) is 4.39 Å². The zero-order valence-electron chi connectivity index (χ0n) is 5.64. The van der Waals surface area contributed by atoms with Gasteiger partial charge in [0.05, 0.1) is 0 Å². The molecule has 0 aromatic carbocycles. The summed E-state index contributed by atoms with van der Waals surface area (Å²) in [6, 6.07) is 0. The van der Waals surface area contributed by atoms with E-state index in [0.29, 0.717) is 0 Å². The maximum atomic E-state index is 11.6. The first-order chi connectivity index (χ1) is 5.06. The van der Waals surface area contributed by atoms with Gasteiger partial charge in [0.2, 0.25) is 0 Å². The lowest BCUT2D eigenvalue weighted by molar-refractivity contribution is -0.356. The largest absolute Gasteiger partial charge is 0.459 e. The van der Waals surface area contributed by atoms with E-state index >= 15 is 0 Å². The van der Waals surface area contributed by atoms with Crippen LogP contribution in [0.5, 0.6) is 0 Å². The molecular formula is C4H3ClF8. The van der Waals surface area contributed by atoms with E-state index < -0.39 is 24.7 Å². The Morgan fingerprint density at radius 1 is 0.769 bits per heavy atom. The van der Waals surface area contributed by atoms with Gasteiger partial charge < -0.3 is 0 Å². The van der Waals surface area contributed by atoms with Crippen LogP contribution in [-0.4, -0.2) is 24.7 Å². The lowest BCUT2D eigenvalue weighted by Crippen LogP contribution is -2.53. The topological polar surface area (TPSA) is 0 Å². The third-order valence-electron chi connectivity index (χ3n) is 0.983. The first-order valence-corrected chi connectivity index (χ1v) is 2.44. The molecule has 0 fully saturated rings. The van der Waals surface area contributed by atoms with Gasteiger partial charge in [0, 0.05) is 0 Å². The fraction of sp³-hybridized carbons (Fsp3) is 1.00. The smallest absolute Gasteiger partial charge is 0.244 e. The van der Waals surface area contributed by atoms with Crippen molar-refractivity contribution in [1.82, 2.24) is 0 Å². The van der Waals surface area contributed by atoms with Crippen LogP contribution in [0, 0.1) is 0 Å². The SMILES string of the molecule is Cl.FCC(F)(F)C(F)(F)C(F)(F)F. The van der Waals surface area contributed by atoms with Crippen LogP contribution in [-0.2, 0) is 0 Å². The van der Waals surface area contributed by atoms with Gasteiger partial charge >= 0.3 is 18.0 Å². The van der Waals surface area contributed by atoms with Gasteiger partial charge in [-0.2, -0.15) is 30.7 Å². The van der Waals surface area contributed by atoms with Gasteiger partial charge in [-0.3, -0.25) is 0 Å². The first-order valence-electron chi connectivity index (χ1n) is 2.44. The molecule has 0 amide bonds. The van der Waals surface area contributed by atoms with E-state index in [0.717, 1.165) is 0 Å². The molecule has 0 unspecified atom stereocenters. The van der Waals surface area contributed by atoms with E-state index in [1.165, 1.54) is 0 Å². The van der Waals surface area contributed by atoms with Gasteiger partial charge in [-0.15, -0.1) is 12.4 Å². The second kappa shape index (κ2) is 3.85. The number of rotatable bonds is 2. The summed E-state index contributed by atoms with van der Waals surface area (Å²) >= 11 is 0. The fourth-order valence-electron chi connectivity index (χ4n) is 0.291. The number of hydrogen-bond donors (Lipinski definition) is 0. The average Bonchev–Trinajstić information content (AvgIpc) is 1.85. The van der Waals surface area contributed by atoms with E-state index in [4.69, 9.17) is 0 Å². The Kier molecular flexibility index (Phi) is 4.51. The lowest BCUT2D eigenvalue weighted by atomic mass is 10.2. The summed E-state index contributed by atoms with van der Waals surface area (Å²) < 4.78 is 90.8. The highest BCUT2D eigenvalue weighted by atomic mass is 35.5. The zero-order chi connectivity index (χ0) is 10.2. The highest BCUT2D eigenvalue weighted by molar-refractivity contribution is 5.85. The van der Waals surface area contributed by atoms with Crippen molar-refractivity contribution in [3.8, 4) is 0 Å². The first kappa shape index (κ1) is 15.2. The van der Waals surface area contributed by atoms with E-state index in [9.17, 15) is 35.1 Å². The molecule has 0 rings (SSSR count). The molecule has 0 aromatic rings. The number of hydrogen-bond acceptors (Lipinski definition) is 0. The van der Waals surface area contributed by atoms with Crippen molar-refractivity contribution in [2.75, 3.05) is 6.67 Å². The lowest BCUT2D eigenvalue weighted by Gasteiger charge is -2.25. The van der Waals surface area contributed by atoms with Gasteiger partial charge in [0.1, 0.15) is 0 Å². The van der Waals surface area contributed by atoms with Gasteiger partial charge in [-0.05, 0) is 0 Å². The molecule has 9 heteroatoms. The minimum absolute atomic E-state index is 0. The molecule has 0 bridgehead atoms. The Labute approximate surface area is 73.3 Å². The van der Waals surface area contributed by atoms with Crippen molar-refractivity contribution >= 4 is 12.4 Å². The van der Waals surface area contributed by atoms with Crippen molar-refractivity contribution in [3.63, 3.8) is 0 Å². The van der Waals surface area contributed by atoms with Crippen LogP contribution in [0.15, 0.2) is 0 Å². The molecule has 0 atom stereocenters. The van der Waals surface area contributed by atoms with Gasteiger partial charge in [-0.1, -0.05) is 0 Å². The average molecular weight is 239 g/mol. The van der Waals surface area contributed by atoms with Crippen molar-refractivity contribution in [2.24, 2.45) is 0 Å². The molecule has 0 aliphatic carbocycles. The summed E-state index contributed by atoms with van der Waals surface area (Å²) in [7, 11) is 0. The minimum atomic E-state index is -6.44. The van der Waals surface area contributed by atoms with E-state index in [1.54, 1.807) is 0 Å². The summed E-state index contributed by atoms with van der Waals surface area (Å²) in [5.41, 5.74) is 0. The van der Waals surface area contributed by atoms with Crippen LogP contribution in [0.1, 0.15) is 0 Å². The quantitative estimate of drug-likeness (QED) is 0.648. The highest BCUT2D eigenvalue weighted by Crippen LogP contribution is 2.46. The third-order valence-corrected chi connectivity index (χ3v) is 0.983. The predicted molar refractivity (Wildman–Crippen MR) is 29.2 cm³/mol. The van der Waals surface area contributed by atoms with E-state index in [2.05, 4.69) is 0 Å². The number of halogens is 9. The Bertz CT molecular complexity index is 160. The molecule has 13 heavy (non-hydrogen) atoms. The maximum absolute atomic E-state index is 11.6. The molecular weight excluding hydrogens is 235 g/mol. The molecule has 82 valence electrons. The fourth-order valence-corrected chi connectivity index (χ4v) is 0.291. The maximum Gasteiger partial charge on any atom is 0.459 e. The van der Waals surface area contributed by atoms with Crippen molar-refractivity contribution in [3.05, 3.63) is 0 Å². The Morgan fingerprint density at radius 3 is 1.15 bits per heavy atom. The normalized spacial score (nSPS) is 13.8. The second-order valence-electron chi connectivity index (χ2n) is 1.91. The van der Waals surface area contributed by atoms with Crippen LogP contribution in [0.3, 0.4) is 0 Å². The van der Waals surface area contributed by atoms with Crippen LogP contribution < -0.4 is 0 Å². The summed E-state index contributed by atoms with van der Waals surface area (Å²) in [5.74, 6) is -12.0. The second-order valence-corrected chi connectivity index (χ2v) is 1.91. The molecule has 0 saturated carbocycles. The van der Waals surface area contributed by atoms with Crippen LogP contribution in [0.2, 0.25) is 0 Å². The van der Waals surface area contributed by atoms with Gasteiger partial charge in [0.15, 0.2) is 6.67 Å². The van der Waals surface area contributed by atoms with Gasteiger partial charge in [0.25, 0.3) is 0 Å². The van der Waals surface area contributed by atoms with Crippen LogP contribution in [0.4, 0.5) is 35.1 Å². The molecule has 0 aromatic heterocycles. The summed E-state index contributed by atoms with van der Waals surface area (Å²) in [4.78, 5) is 0. The molecule has 0 aliphatic rings. The summed E-state index contributed by atoms with van der Waals surface area (Å²) in [6.45, 7) is -3.06. The molecule has 0 N–H and O–H groups in total. The van der Waals surface area contributed by atoms with E-state index in [1.807, 2.05) is 0 Å². The van der Waals surface area contributed by atoms with Crippen LogP contribution in [0.25, 0.3) is 0 Å². The molecule has 0 spiro atoms. The van der Waals surface area contributed by atoms with E-state index in [-0.39, 0.29) is 12.4 Å². The van der Waals surface area contributed by atoms with Crippen LogP contribution >= 0.6 is 12.4 Å². The van der Waals surface area contributed by atoms with Crippen molar-refractivity contribution in [2.45, 2.75) is 18.0 Å². The standard InChI is InChI=1S/C4H2F8.ClH/c5-1-2(6,7)3(8,9)4(10,11)12;/h1H2;1H. The third kappa shape index (κ3) is 2.58. The molecule has 0 nitrogen and oxygen atoms in total. The summed E-state index contributed by atoms with van der Waals surface area (Å²) in [6.07, 6.45) is -6.44. The molecule has 0 heterocycles. The molecule has 0 aliphatic heterocycles. The molecule has 0 saturated heterocycles. The Morgan fingerprint density at radius 2 is 1.08 bits per heavy atom. The Balaban J connectivity index is 0. The monoisotopic (exact) mass is 238 g/mol. The summed E-state index contributed by atoms with van der Waals surface area (Å²) in [5, 5.41) is 0. The molecule has 0 radical (unpaired) electrons. The minimum Gasteiger partial charge on any atom is -0.244 e. The Hall–Kier alpha value is -0.270. The number of alkyl halides is 8. The van der Waals surface area contributed by atoms with Crippen molar-refractivity contribution < 1.29 is 35.1 Å². The zero-order valence-corrected chi connectivity index (χ0v) is 6.46. The highest BCUT2D eigenvalue weighted by Gasteiger charge is 2.73. The van der Waals surface area contributed by atoms with Crippen molar-refractivity contribution in [1.29, 1.82) is 0 Å². The predicted octanol–water partition coefficient (Wildman–Crippen LogP) is 3.21.